The lowest BCUT2D eigenvalue weighted by Gasteiger charge is -2.36. The van der Waals surface area contributed by atoms with Crippen LogP contribution in [0.2, 0.25) is 0 Å². The molecule has 0 N–H and O–H groups in total. The summed E-state index contributed by atoms with van der Waals surface area (Å²) in [4.78, 5) is 8.79. The van der Waals surface area contributed by atoms with Crippen molar-refractivity contribution in [3.05, 3.63) is 11.7 Å². The number of aryl methyl sites for hydroxylation is 1. The Morgan fingerprint density at radius 1 is 1.50 bits per heavy atom. The van der Waals surface area contributed by atoms with Crippen LogP contribution in [0.3, 0.4) is 0 Å². The Morgan fingerprint density at radius 2 is 2.28 bits per heavy atom. The highest BCUT2D eigenvalue weighted by atomic mass is 16.5. The number of hydrogen-bond donors (Lipinski definition) is 0. The maximum atomic E-state index is 5.76. The monoisotopic (exact) mass is 254 g/mol. The number of likely N-dealkylation sites (N-methyl/N-ethyl adjacent to an activating group) is 1. The molecular formula is C12H22N4O2. The molecule has 1 fully saturated rings. The molecule has 2 rings (SSSR count). The molecule has 1 aliphatic heterocycles. The Morgan fingerprint density at radius 3 is 2.89 bits per heavy atom. The highest BCUT2D eigenvalue weighted by molar-refractivity contribution is 4.92. The van der Waals surface area contributed by atoms with Gasteiger partial charge in [0.2, 0.25) is 5.89 Å². The lowest BCUT2D eigenvalue weighted by Crippen LogP contribution is -2.47. The van der Waals surface area contributed by atoms with E-state index in [2.05, 4.69) is 41.0 Å². The van der Waals surface area contributed by atoms with Gasteiger partial charge in [-0.3, -0.25) is 4.90 Å². The average molecular weight is 254 g/mol. The molecule has 1 aromatic heterocycles. The summed E-state index contributed by atoms with van der Waals surface area (Å²) in [6.45, 7) is 7.45. The van der Waals surface area contributed by atoms with E-state index >= 15 is 0 Å². The van der Waals surface area contributed by atoms with Crippen molar-refractivity contribution in [3.8, 4) is 0 Å². The zero-order chi connectivity index (χ0) is 13.1. The molecule has 0 bridgehead atoms. The fourth-order valence-electron chi connectivity index (χ4n) is 2.25. The van der Waals surface area contributed by atoms with Crippen molar-refractivity contribution < 1.29 is 9.26 Å². The first-order valence-electron chi connectivity index (χ1n) is 6.37. The summed E-state index contributed by atoms with van der Waals surface area (Å²) in [5, 5.41) is 3.85. The van der Waals surface area contributed by atoms with E-state index < -0.39 is 0 Å². The summed E-state index contributed by atoms with van der Waals surface area (Å²) in [6.07, 6.45) is 0.250. The molecule has 6 nitrogen and oxygen atoms in total. The molecule has 6 heteroatoms. The van der Waals surface area contributed by atoms with E-state index in [1.54, 1.807) is 0 Å². The molecule has 0 radical (unpaired) electrons. The van der Waals surface area contributed by atoms with Gasteiger partial charge in [-0.15, -0.1) is 0 Å². The van der Waals surface area contributed by atoms with Crippen LogP contribution in [0.25, 0.3) is 0 Å². The molecule has 0 aliphatic carbocycles. The van der Waals surface area contributed by atoms with Gasteiger partial charge in [0.15, 0.2) is 5.82 Å². The average Bonchev–Trinajstić information content (AvgIpc) is 2.74. The van der Waals surface area contributed by atoms with Crippen LogP contribution in [-0.2, 0) is 4.74 Å². The summed E-state index contributed by atoms with van der Waals surface area (Å²) in [5.74, 6) is 1.38. The van der Waals surface area contributed by atoms with Crippen molar-refractivity contribution in [3.63, 3.8) is 0 Å². The van der Waals surface area contributed by atoms with Gasteiger partial charge in [0, 0.05) is 19.6 Å². The minimum atomic E-state index is 0.153. The minimum absolute atomic E-state index is 0.153. The predicted molar refractivity (Wildman–Crippen MR) is 67.3 cm³/mol. The largest absolute Gasteiger partial charge is 0.374 e. The molecule has 0 unspecified atom stereocenters. The highest BCUT2D eigenvalue weighted by Crippen LogP contribution is 2.21. The third-order valence-corrected chi connectivity index (χ3v) is 3.19. The summed E-state index contributed by atoms with van der Waals surface area (Å²) < 4.78 is 11.0. The van der Waals surface area contributed by atoms with Crippen LogP contribution in [0.15, 0.2) is 4.52 Å². The quantitative estimate of drug-likeness (QED) is 0.788. The van der Waals surface area contributed by atoms with Crippen LogP contribution >= 0.6 is 0 Å². The highest BCUT2D eigenvalue weighted by Gasteiger charge is 2.27. The molecule has 1 aromatic rings. The SMILES string of the molecule is Cc1noc([C@H](C)N2CCO[C@H](CN(C)C)C2)n1. The third-order valence-electron chi connectivity index (χ3n) is 3.19. The van der Waals surface area contributed by atoms with Crippen molar-refractivity contribution in [1.82, 2.24) is 19.9 Å². The van der Waals surface area contributed by atoms with Crippen molar-refractivity contribution in [2.45, 2.75) is 26.0 Å². The van der Waals surface area contributed by atoms with Crippen molar-refractivity contribution in [2.24, 2.45) is 0 Å². The van der Waals surface area contributed by atoms with Gasteiger partial charge in [0.05, 0.1) is 18.8 Å². The van der Waals surface area contributed by atoms with Gasteiger partial charge in [-0.1, -0.05) is 5.16 Å². The van der Waals surface area contributed by atoms with E-state index in [1.165, 1.54) is 0 Å². The minimum Gasteiger partial charge on any atom is -0.374 e. The van der Waals surface area contributed by atoms with Gasteiger partial charge < -0.3 is 14.2 Å². The second kappa shape index (κ2) is 5.77. The Labute approximate surface area is 108 Å². The van der Waals surface area contributed by atoms with E-state index in [9.17, 15) is 0 Å². The maximum absolute atomic E-state index is 5.76. The molecule has 1 aliphatic rings. The van der Waals surface area contributed by atoms with E-state index in [-0.39, 0.29) is 12.1 Å². The Balaban J connectivity index is 1.95. The molecule has 1 saturated heterocycles. The summed E-state index contributed by atoms with van der Waals surface area (Å²) in [5.41, 5.74) is 0. The van der Waals surface area contributed by atoms with E-state index in [0.29, 0.717) is 11.7 Å². The number of hydrogen-bond acceptors (Lipinski definition) is 6. The first-order valence-corrected chi connectivity index (χ1v) is 6.37. The molecule has 0 spiro atoms. The Bertz CT molecular complexity index is 380. The molecule has 2 heterocycles. The van der Waals surface area contributed by atoms with Crippen LogP contribution in [-0.4, -0.2) is 66.4 Å². The van der Waals surface area contributed by atoms with E-state index in [4.69, 9.17) is 9.26 Å². The summed E-state index contributed by atoms with van der Waals surface area (Å²) in [6, 6.07) is 0.153. The smallest absolute Gasteiger partial charge is 0.243 e. The molecular weight excluding hydrogens is 232 g/mol. The van der Waals surface area contributed by atoms with Gasteiger partial charge in [0.25, 0.3) is 0 Å². The number of ether oxygens (including phenoxy) is 1. The van der Waals surface area contributed by atoms with Crippen LogP contribution in [0, 0.1) is 6.92 Å². The zero-order valence-electron chi connectivity index (χ0n) is 11.6. The standard InChI is InChI=1S/C12H22N4O2/c1-9(12-13-10(2)14-18-12)16-5-6-17-11(8-16)7-15(3)4/h9,11H,5-8H2,1-4H3/t9-,11+/m0/s1. The van der Waals surface area contributed by atoms with E-state index in [1.807, 2.05) is 6.92 Å². The number of nitrogens with zero attached hydrogens (tertiary/aromatic N) is 4. The first-order chi connectivity index (χ1) is 8.56. The number of aromatic nitrogens is 2. The number of morpholine rings is 1. The van der Waals surface area contributed by atoms with Crippen LogP contribution in [0.1, 0.15) is 24.7 Å². The first kappa shape index (κ1) is 13.5. The lowest BCUT2D eigenvalue weighted by molar-refractivity contribution is -0.0533. The van der Waals surface area contributed by atoms with Crippen molar-refractivity contribution in [1.29, 1.82) is 0 Å². The maximum Gasteiger partial charge on any atom is 0.243 e. The molecule has 0 aromatic carbocycles. The predicted octanol–water partition coefficient (Wildman–Crippen LogP) is 0.701. The van der Waals surface area contributed by atoms with Gasteiger partial charge >= 0.3 is 0 Å². The molecule has 18 heavy (non-hydrogen) atoms. The normalized spacial score (nSPS) is 23.5. The van der Waals surface area contributed by atoms with Crippen molar-refractivity contribution in [2.75, 3.05) is 40.3 Å². The molecule has 0 saturated carbocycles. The third kappa shape index (κ3) is 3.28. The van der Waals surface area contributed by atoms with Gasteiger partial charge in [-0.05, 0) is 27.9 Å². The van der Waals surface area contributed by atoms with Crippen LogP contribution in [0.5, 0.6) is 0 Å². The fraction of sp³-hybridized carbons (Fsp3) is 0.833. The Hall–Kier alpha value is -0.980. The van der Waals surface area contributed by atoms with Crippen molar-refractivity contribution >= 4 is 0 Å². The molecule has 0 amide bonds. The molecule has 102 valence electrons. The zero-order valence-corrected chi connectivity index (χ0v) is 11.6. The Kier molecular flexibility index (Phi) is 4.31. The van der Waals surface area contributed by atoms with Gasteiger partial charge in [-0.25, -0.2) is 0 Å². The van der Waals surface area contributed by atoms with Gasteiger partial charge in [0.1, 0.15) is 0 Å². The lowest BCUT2D eigenvalue weighted by atomic mass is 10.2. The van der Waals surface area contributed by atoms with Crippen LogP contribution in [0.4, 0.5) is 0 Å². The topological polar surface area (TPSA) is 54.6 Å². The fourth-order valence-corrected chi connectivity index (χ4v) is 2.25. The summed E-state index contributed by atoms with van der Waals surface area (Å²) in [7, 11) is 4.13. The van der Waals surface area contributed by atoms with Crippen LogP contribution < -0.4 is 0 Å². The summed E-state index contributed by atoms with van der Waals surface area (Å²) >= 11 is 0. The number of rotatable bonds is 4. The second-order valence-electron chi connectivity index (χ2n) is 5.11. The second-order valence-corrected chi connectivity index (χ2v) is 5.11. The molecule has 2 atom stereocenters. The van der Waals surface area contributed by atoms with Gasteiger partial charge in [-0.2, -0.15) is 4.98 Å². The van der Waals surface area contributed by atoms with E-state index in [0.717, 1.165) is 26.2 Å².